The summed E-state index contributed by atoms with van der Waals surface area (Å²) in [6.45, 7) is 4.52. The van der Waals surface area contributed by atoms with Crippen molar-refractivity contribution >= 4 is 0 Å². The van der Waals surface area contributed by atoms with Crippen molar-refractivity contribution in [1.82, 2.24) is 0 Å². The Kier molecular flexibility index (Phi) is 9.64. The first kappa shape index (κ1) is 18.9. The molecule has 0 saturated heterocycles. The molecule has 2 aromatic rings. The Morgan fingerprint density at radius 2 is 0.947 bits per heavy atom. The minimum Gasteiger partial charge on any atom is -1.00 e. The molecule has 0 aliphatic carbocycles. The maximum atomic E-state index is 2.41. The van der Waals surface area contributed by atoms with Gasteiger partial charge in [0.05, 0.1) is 0 Å². The van der Waals surface area contributed by atoms with Gasteiger partial charge >= 0.3 is 0 Å². The third-order valence-corrected chi connectivity index (χ3v) is 3.23. The molecule has 0 aromatic heterocycles. The standard InChI is InChI=1S/C16H19N.2HI/c1-13(15-9-5-3-6-10-15)17-14(2)16-11-7-4-8-12-16;;/h3-14,17H,1-2H3;2*1H/p-1. The highest BCUT2D eigenvalue weighted by molar-refractivity contribution is 5.18. The van der Waals surface area contributed by atoms with Crippen LogP contribution in [0.2, 0.25) is 0 Å². The Morgan fingerprint density at radius 3 is 1.26 bits per heavy atom. The summed E-state index contributed by atoms with van der Waals surface area (Å²) in [6, 6.07) is 22.3. The van der Waals surface area contributed by atoms with Gasteiger partial charge in [0.15, 0.2) is 0 Å². The first-order valence-corrected chi connectivity index (χ1v) is 6.22. The van der Waals surface area contributed by atoms with Gasteiger partial charge in [0.2, 0.25) is 0 Å². The molecular weight excluding hydrogens is 460 g/mol. The molecule has 0 spiro atoms. The lowest BCUT2D eigenvalue weighted by molar-refractivity contribution is -0.728. The number of hydrogen-bond acceptors (Lipinski definition) is 0. The molecule has 19 heavy (non-hydrogen) atoms. The molecule has 0 heterocycles. The molecule has 2 N–H and O–H groups in total. The predicted molar refractivity (Wildman–Crippen MR) is 71.6 cm³/mol. The molecule has 1 nitrogen and oxygen atoms in total. The monoisotopic (exact) mass is 480 g/mol. The zero-order valence-electron chi connectivity index (χ0n) is 11.3. The topological polar surface area (TPSA) is 16.6 Å². The fourth-order valence-electron chi connectivity index (χ4n) is 2.17. The lowest BCUT2D eigenvalue weighted by Crippen LogP contribution is -3.00. The summed E-state index contributed by atoms with van der Waals surface area (Å²) < 4.78 is 0. The smallest absolute Gasteiger partial charge is 0.109 e. The minimum absolute atomic E-state index is 0. The van der Waals surface area contributed by atoms with Crippen molar-refractivity contribution in [1.29, 1.82) is 0 Å². The van der Waals surface area contributed by atoms with Crippen molar-refractivity contribution in [3.63, 3.8) is 0 Å². The zero-order chi connectivity index (χ0) is 12.1. The predicted octanol–water partition coefficient (Wildman–Crippen LogP) is -2.92. The van der Waals surface area contributed by atoms with Gasteiger partial charge in [0.1, 0.15) is 12.1 Å². The fraction of sp³-hybridized carbons (Fsp3) is 0.250. The largest absolute Gasteiger partial charge is 1.00 e. The van der Waals surface area contributed by atoms with E-state index in [4.69, 9.17) is 0 Å². The van der Waals surface area contributed by atoms with E-state index in [9.17, 15) is 0 Å². The number of halogens is 2. The first-order valence-electron chi connectivity index (χ1n) is 6.22. The van der Waals surface area contributed by atoms with Crippen molar-refractivity contribution in [2.45, 2.75) is 25.9 Å². The molecule has 2 rings (SSSR count). The van der Waals surface area contributed by atoms with Gasteiger partial charge in [-0.1, -0.05) is 60.7 Å². The van der Waals surface area contributed by atoms with Crippen molar-refractivity contribution < 1.29 is 53.3 Å². The third-order valence-electron chi connectivity index (χ3n) is 3.23. The van der Waals surface area contributed by atoms with Gasteiger partial charge in [-0.2, -0.15) is 0 Å². The van der Waals surface area contributed by atoms with Crippen LogP contribution in [0.5, 0.6) is 0 Å². The van der Waals surface area contributed by atoms with Crippen LogP contribution in [0.15, 0.2) is 60.7 Å². The van der Waals surface area contributed by atoms with E-state index in [1.165, 1.54) is 11.1 Å². The molecule has 3 heteroatoms. The lowest BCUT2D eigenvalue weighted by atomic mass is 10.0. The Hall–Kier alpha value is -0.140. The molecule has 0 saturated carbocycles. The normalized spacial score (nSPS) is 12.7. The van der Waals surface area contributed by atoms with Crippen LogP contribution < -0.4 is 53.3 Å². The molecule has 0 amide bonds. The lowest BCUT2D eigenvalue weighted by Gasteiger charge is -2.17. The highest BCUT2D eigenvalue weighted by Crippen LogP contribution is 2.11. The fourth-order valence-corrected chi connectivity index (χ4v) is 2.17. The van der Waals surface area contributed by atoms with Crippen molar-refractivity contribution in [3.8, 4) is 0 Å². The van der Waals surface area contributed by atoms with Crippen LogP contribution in [0.3, 0.4) is 0 Å². The number of benzene rings is 2. The van der Waals surface area contributed by atoms with E-state index in [-0.39, 0.29) is 48.0 Å². The van der Waals surface area contributed by atoms with E-state index in [1.54, 1.807) is 0 Å². The highest BCUT2D eigenvalue weighted by Gasteiger charge is 2.14. The van der Waals surface area contributed by atoms with Crippen LogP contribution in [0.25, 0.3) is 0 Å². The number of hydrogen-bond donors (Lipinski definition) is 1. The second kappa shape index (κ2) is 9.72. The van der Waals surface area contributed by atoms with Crippen LogP contribution in [-0.2, 0) is 0 Å². The summed E-state index contributed by atoms with van der Waals surface area (Å²) in [4.78, 5) is 0. The molecule has 2 unspecified atom stereocenters. The Bertz CT molecular complexity index is 401. The summed E-state index contributed by atoms with van der Waals surface area (Å²) in [6.07, 6.45) is 0. The maximum Gasteiger partial charge on any atom is 0.109 e. The Morgan fingerprint density at radius 1 is 0.632 bits per heavy atom. The van der Waals surface area contributed by atoms with Gasteiger partial charge in [-0.05, 0) is 13.8 Å². The molecule has 0 bridgehead atoms. The molecule has 0 radical (unpaired) electrons. The summed E-state index contributed by atoms with van der Waals surface area (Å²) in [7, 11) is 0. The van der Waals surface area contributed by atoms with Gasteiger partial charge in [-0.3, -0.25) is 0 Å². The number of rotatable bonds is 4. The van der Waals surface area contributed by atoms with E-state index in [2.05, 4.69) is 79.8 Å². The van der Waals surface area contributed by atoms with E-state index >= 15 is 0 Å². The molecule has 2 atom stereocenters. The van der Waals surface area contributed by atoms with Gasteiger partial charge in [-0.15, -0.1) is 0 Å². The van der Waals surface area contributed by atoms with Gasteiger partial charge in [0.25, 0.3) is 0 Å². The second-order valence-corrected chi connectivity index (χ2v) is 4.59. The van der Waals surface area contributed by atoms with E-state index in [0.717, 1.165) is 0 Å². The average Bonchev–Trinajstić information content (AvgIpc) is 2.40. The molecule has 0 aliphatic heterocycles. The maximum absolute atomic E-state index is 2.41. The minimum atomic E-state index is 0. The highest BCUT2D eigenvalue weighted by atomic mass is 127. The summed E-state index contributed by atoms with van der Waals surface area (Å²) in [5.41, 5.74) is 2.77. The summed E-state index contributed by atoms with van der Waals surface area (Å²) in [5, 5.41) is 2.41. The van der Waals surface area contributed by atoms with Gasteiger partial charge in [-0.25, -0.2) is 0 Å². The molecule has 104 valence electrons. The van der Waals surface area contributed by atoms with E-state index in [1.807, 2.05) is 0 Å². The first-order chi connectivity index (χ1) is 8.27. The quantitative estimate of drug-likeness (QED) is 0.453. The van der Waals surface area contributed by atoms with Crippen LogP contribution in [0, 0.1) is 0 Å². The summed E-state index contributed by atoms with van der Waals surface area (Å²) >= 11 is 0. The Balaban J connectivity index is 0.00000162. The van der Waals surface area contributed by atoms with Crippen molar-refractivity contribution in [3.05, 3.63) is 71.8 Å². The van der Waals surface area contributed by atoms with Crippen molar-refractivity contribution in [2.24, 2.45) is 0 Å². The zero-order valence-corrected chi connectivity index (χ0v) is 15.6. The molecule has 0 aliphatic rings. The molecule has 2 aromatic carbocycles. The molecular formula is C16H20I2N-. The molecule has 0 fully saturated rings. The number of nitrogens with two attached hydrogens (primary N) is 1. The van der Waals surface area contributed by atoms with Crippen LogP contribution in [0.1, 0.15) is 37.1 Å². The second-order valence-electron chi connectivity index (χ2n) is 4.59. The third kappa shape index (κ3) is 5.79. The van der Waals surface area contributed by atoms with E-state index in [0.29, 0.717) is 12.1 Å². The van der Waals surface area contributed by atoms with Crippen LogP contribution >= 0.6 is 0 Å². The SMILES string of the molecule is CC([NH2+]C(C)c1ccccc1)c1ccccc1.[I-].[I-]. The van der Waals surface area contributed by atoms with Crippen molar-refractivity contribution in [2.75, 3.05) is 0 Å². The Labute approximate surface area is 150 Å². The van der Waals surface area contributed by atoms with Gasteiger partial charge < -0.3 is 53.3 Å². The average molecular weight is 480 g/mol. The van der Waals surface area contributed by atoms with Crippen LogP contribution in [-0.4, -0.2) is 0 Å². The van der Waals surface area contributed by atoms with E-state index < -0.39 is 0 Å². The van der Waals surface area contributed by atoms with Gasteiger partial charge in [0, 0.05) is 11.1 Å². The summed E-state index contributed by atoms with van der Waals surface area (Å²) in [5.74, 6) is 0. The van der Waals surface area contributed by atoms with Crippen LogP contribution in [0.4, 0.5) is 0 Å². The number of quaternary nitrogens is 1.